The molecule has 3 rings (SSSR count). The molecule has 1 aromatic heterocycles. The lowest BCUT2D eigenvalue weighted by atomic mass is 10.1. The van der Waals surface area contributed by atoms with E-state index in [0.717, 1.165) is 0 Å². The highest BCUT2D eigenvalue weighted by atomic mass is 32.2. The number of aromatic nitrogens is 1. The van der Waals surface area contributed by atoms with Gasteiger partial charge in [-0.05, 0) is 31.0 Å². The third kappa shape index (κ3) is 4.37. The average molecular weight is 391 g/mol. The SMILES string of the molecule is COc1cccc(S(=O)(=O)N2CCC(Oc3ccc(C(N)=O)cn3)CC2)c1. The van der Waals surface area contributed by atoms with E-state index in [9.17, 15) is 13.2 Å². The number of carbonyl (C=O) groups excluding carboxylic acids is 1. The molecule has 2 heterocycles. The number of carbonyl (C=O) groups is 1. The predicted octanol–water partition coefficient (Wildman–Crippen LogP) is 1.42. The van der Waals surface area contributed by atoms with Crippen LogP contribution in [0.5, 0.6) is 11.6 Å². The Bertz CT molecular complexity index is 907. The quantitative estimate of drug-likeness (QED) is 0.797. The molecule has 1 saturated heterocycles. The number of methoxy groups -OCH3 is 1. The number of primary amides is 1. The van der Waals surface area contributed by atoms with Crippen molar-refractivity contribution in [3.05, 3.63) is 48.2 Å². The zero-order chi connectivity index (χ0) is 19.4. The highest BCUT2D eigenvalue weighted by Crippen LogP contribution is 2.25. The van der Waals surface area contributed by atoms with Gasteiger partial charge in [0.05, 0.1) is 17.6 Å². The van der Waals surface area contributed by atoms with Crippen molar-refractivity contribution in [2.75, 3.05) is 20.2 Å². The van der Waals surface area contributed by atoms with E-state index in [0.29, 0.717) is 43.1 Å². The molecule has 8 nitrogen and oxygen atoms in total. The van der Waals surface area contributed by atoms with Crippen LogP contribution in [0.1, 0.15) is 23.2 Å². The van der Waals surface area contributed by atoms with Crippen molar-refractivity contribution >= 4 is 15.9 Å². The summed E-state index contributed by atoms with van der Waals surface area (Å²) in [4.78, 5) is 15.3. The number of amides is 1. The van der Waals surface area contributed by atoms with E-state index in [1.54, 1.807) is 30.3 Å². The molecular formula is C18H21N3O5S. The van der Waals surface area contributed by atoms with E-state index >= 15 is 0 Å². The van der Waals surface area contributed by atoms with E-state index in [2.05, 4.69) is 4.98 Å². The van der Waals surface area contributed by atoms with Crippen LogP contribution in [0, 0.1) is 0 Å². The van der Waals surface area contributed by atoms with Crippen LogP contribution < -0.4 is 15.2 Å². The topological polar surface area (TPSA) is 112 Å². The highest BCUT2D eigenvalue weighted by Gasteiger charge is 2.30. The van der Waals surface area contributed by atoms with Crippen LogP contribution in [0.25, 0.3) is 0 Å². The van der Waals surface area contributed by atoms with Crippen molar-refractivity contribution in [3.8, 4) is 11.6 Å². The number of nitrogens with zero attached hydrogens (tertiary/aromatic N) is 2. The molecule has 1 amide bonds. The predicted molar refractivity (Wildman–Crippen MR) is 98.2 cm³/mol. The molecule has 0 bridgehead atoms. The first-order valence-electron chi connectivity index (χ1n) is 8.47. The van der Waals surface area contributed by atoms with Gasteiger partial charge in [-0.25, -0.2) is 13.4 Å². The molecule has 0 aliphatic carbocycles. The van der Waals surface area contributed by atoms with Crippen molar-refractivity contribution in [2.45, 2.75) is 23.8 Å². The monoisotopic (exact) mass is 391 g/mol. The largest absolute Gasteiger partial charge is 0.497 e. The van der Waals surface area contributed by atoms with Crippen LogP contribution in [0.3, 0.4) is 0 Å². The van der Waals surface area contributed by atoms with Gasteiger partial charge >= 0.3 is 0 Å². The van der Waals surface area contributed by atoms with Crippen molar-refractivity contribution in [2.24, 2.45) is 5.73 Å². The Balaban J connectivity index is 1.61. The molecule has 0 atom stereocenters. The van der Waals surface area contributed by atoms with Gasteiger partial charge in [-0.15, -0.1) is 0 Å². The van der Waals surface area contributed by atoms with Gasteiger partial charge in [0.25, 0.3) is 0 Å². The molecule has 2 aromatic rings. The lowest BCUT2D eigenvalue weighted by molar-refractivity contribution is 0.0999. The number of piperidine rings is 1. The minimum atomic E-state index is -3.58. The summed E-state index contributed by atoms with van der Waals surface area (Å²) >= 11 is 0. The lowest BCUT2D eigenvalue weighted by Crippen LogP contribution is -2.41. The summed E-state index contributed by atoms with van der Waals surface area (Å²) < 4.78 is 37.9. The second-order valence-electron chi connectivity index (χ2n) is 6.15. The number of hydrogen-bond donors (Lipinski definition) is 1. The summed E-state index contributed by atoms with van der Waals surface area (Å²) in [5.74, 6) is 0.332. The smallest absolute Gasteiger partial charge is 0.250 e. The average Bonchev–Trinajstić information content (AvgIpc) is 2.69. The van der Waals surface area contributed by atoms with E-state index in [1.165, 1.54) is 23.7 Å². The van der Waals surface area contributed by atoms with Crippen LogP contribution >= 0.6 is 0 Å². The summed E-state index contributed by atoms with van der Waals surface area (Å²) in [5.41, 5.74) is 5.49. The summed E-state index contributed by atoms with van der Waals surface area (Å²) in [6.07, 6.45) is 2.30. The molecule has 2 N–H and O–H groups in total. The van der Waals surface area contributed by atoms with E-state index in [-0.39, 0.29) is 11.0 Å². The highest BCUT2D eigenvalue weighted by molar-refractivity contribution is 7.89. The van der Waals surface area contributed by atoms with Gasteiger partial charge < -0.3 is 15.2 Å². The fraction of sp³-hybridized carbons (Fsp3) is 0.333. The van der Waals surface area contributed by atoms with Gasteiger partial charge in [-0.1, -0.05) is 6.07 Å². The van der Waals surface area contributed by atoms with Crippen molar-refractivity contribution in [1.82, 2.24) is 9.29 Å². The standard InChI is InChI=1S/C18H21N3O5S/c1-25-15-3-2-4-16(11-15)27(23,24)21-9-7-14(8-10-21)26-17-6-5-13(12-20-17)18(19)22/h2-6,11-12,14H,7-10H2,1H3,(H2,19,22). The van der Waals surface area contributed by atoms with E-state index in [4.69, 9.17) is 15.2 Å². The maximum atomic E-state index is 12.8. The number of rotatable bonds is 6. The molecule has 9 heteroatoms. The van der Waals surface area contributed by atoms with Crippen LogP contribution in [-0.2, 0) is 10.0 Å². The normalized spacial score (nSPS) is 16.0. The van der Waals surface area contributed by atoms with E-state index in [1.807, 2.05) is 0 Å². The van der Waals surface area contributed by atoms with Gasteiger partial charge in [-0.2, -0.15) is 4.31 Å². The lowest BCUT2D eigenvalue weighted by Gasteiger charge is -2.31. The minimum absolute atomic E-state index is 0.145. The first-order chi connectivity index (χ1) is 12.9. The zero-order valence-electron chi connectivity index (χ0n) is 14.9. The first-order valence-corrected chi connectivity index (χ1v) is 9.91. The van der Waals surface area contributed by atoms with Crippen molar-refractivity contribution in [3.63, 3.8) is 0 Å². The van der Waals surface area contributed by atoms with Gasteiger partial charge in [0.15, 0.2) is 0 Å². The summed E-state index contributed by atoms with van der Waals surface area (Å²) in [6, 6.07) is 9.57. The number of sulfonamides is 1. The third-order valence-corrected chi connectivity index (χ3v) is 6.28. The summed E-state index contributed by atoms with van der Waals surface area (Å²) in [5, 5.41) is 0. The first kappa shape index (κ1) is 19.1. The molecule has 0 saturated carbocycles. The van der Waals surface area contributed by atoms with Gasteiger partial charge in [0.2, 0.25) is 21.8 Å². The molecule has 1 aromatic carbocycles. The van der Waals surface area contributed by atoms with Crippen LogP contribution in [0.2, 0.25) is 0 Å². The van der Waals surface area contributed by atoms with Crippen LogP contribution in [0.15, 0.2) is 47.5 Å². The van der Waals surface area contributed by atoms with Gasteiger partial charge in [0, 0.05) is 31.4 Å². The Morgan fingerprint density at radius 3 is 2.56 bits per heavy atom. The van der Waals surface area contributed by atoms with Crippen molar-refractivity contribution in [1.29, 1.82) is 0 Å². The maximum absolute atomic E-state index is 12.8. The third-order valence-electron chi connectivity index (χ3n) is 4.39. The molecule has 0 spiro atoms. The van der Waals surface area contributed by atoms with Crippen LogP contribution in [0.4, 0.5) is 0 Å². The Labute approximate surface area is 158 Å². The number of nitrogens with two attached hydrogens (primary N) is 1. The van der Waals surface area contributed by atoms with Crippen molar-refractivity contribution < 1.29 is 22.7 Å². The van der Waals surface area contributed by atoms with E-state index < -0.39 is 15.9 Å². The maximum Gasteiger partial charge on any atom is 0.250 e. The Morgan fingerprint density at radius 2 is 1.96 bits per heavy atom. The number of pyridine rings is 1. The second kappa shape index (κ2) is 7.93. The fourth-order valence-electron chi connectivity index (χ4n) is 2.87. The fourth-order valence-corrected chi connectivity index (χ4v) is 4.37. The molecule has 144 valence electrons. The minimum Gasteiger partial charge on any atom is -0.497 e. The Hall–Kier alpha value is -2.65. The van der Waals surface area contributed by atoms with Gasteiger partial charge in [-0.3, -0.25) is 4.79 Å². The summed E-state index contributed by atoms with van der Waals surface area (Å²) in [7, 11) is -2.08. The Kier molecular flexibility index (Phi) is 5.62. The van der Waals surface area contributed by atoms with Crippen LogP contribution in [-0.4, -0.2) is 49.9 Å². The number of ether oxygens (including phenoxy) is 2. The van der Waals surface area contributed by atoms with Gasteiger partial charge in [0.1, 0.15) is 11.9 Å². The molecule has 27 heavy (non-hydrogen) atoms. The second-order valence-corrected chi connectivity index (χ2v) is 8.09. The number of hydrogen-bond acceptors (Lipinski definition) is 6. The molecule has 1 fully saturated rings. The Morgan fingerprint density at radius 1 is 1.22 bits per heavy atom. The molecule has 0 radical (unpaired) electrons. The number of benzene rings is 1. The molecule has 1 aliphatic rings. The molecule has 0 unspecified atom stereocenters. The molecular weight excluding hydrogens is 370 g/mol. The molecule has 1 aliphatic heterocycles. The summed E-state index contributed by atoms with van der Waals surface area (Å²) in [6.45, 7) is 0.702. The zero-order valence-corrected chi connectivity index (χ0v) is 15.7.